The zero-order valence-corrected chi connectivity index (χ0v) is 6.59. The van der Waals surface area contributed by atoms with Crippen molar-refractivity contribution in [1.82, 2.24) is 0 Å². The maximum Gasteiger partial charge on any atom is 0.405 e. The number of ether oxygens (including phenoxy) is 1. The number of Topliss-reactive ketones (excluding diaryl/α,β-unsaturated/α-hetero) is 1. The summed E-state index contributed by atoms with van der Waals surface area (Å²) in [5, 5.41) is 0. The summed E-state index contributed by atoms with van der Waals surface area (Å²) in [6.07, 6.45) is -4.23. The predicted octanol–water partition coefficient (Wildman–Crippen LogP) is 2.24. The molecule has 0 aromatic heterocycles. The van der Waals surface area contributed by atoms with Gasteiger partial charge in [0.1, 0.15) is 12.2 Å². The second kappa shape index (κ2) is 2.52. The van der Waals surface area contributed by atoms with Crippen LogP contribution in [0, 0.1) is 0 Å². The molecule has 68 valence electrons. The standard InChI is InChI=1S/C9H6F2O2/c10-9(11)5-7(12)6-3-1-2-4-8(6)13-9/h1-4H,5H2. The van der Waals surface area contributed by atoms with Crippen molar-refractivity contribution in [2.75, 3.05) is 0 Å². The number of hydrogen-bond acceptors (Lipinski definition) is 2. The molecule has 0 spiro atoms. The number of carbonyl (C=O) groups is 1. The van der Waals surface area contributed by atoms with Gasteiger partial charge in [-0.2, -0.15) is 8.78 Å². The van der Waals surface area contributed by atoms with E-state index < -0.39 is 18.3 Å². The van der Waals surface area contributed by atoms with Gasteiger partial charge in [-0.1, -0.05) is 12.1 Å². The number of para-hydroxylation sites is 1. The number of ketones is 1. The van der Waals surface area contributed by atoms with Crippen LogP contribution in [0.4, 0.5) is 8.78 Å². The normalized spacial score (nSPS) is 19.1. The van der Waals surface area contributed by atoms with Crippen molar-refractivity contribution in [3.8, 4) is 5.75 Å². The van der Waals surface area contributed by atoms with Crippen LogP contribution in [0.5, 0.6) is 5.75 Å². The van der Waals surface area contributed by atoms with E-state index in [2.05, 4.69) is 4.74 Å². The van der Waals surface area contributed by atoms with Crippen molar-refractivity contribution in [3.05, 3.63) is 29.8 Å². The van der Waals surface area contributed by atoms with Crippen LogP contribution in [0.3, 0.4) is 0 Å². The number of benzene rings is 1. The molecule has 0 radical (unpaired) electrons. The van der Waals surface area contributed by atoms with E-state index >= 15 is 0 Å². The highest BCUT2D eigenvalue weighted by molar-refractivity contribution is 5.99. The van der Waals surface area contributed by atoms with E-state index in [0.29, 0.717) is 0 Å². The number of rotatable bonds is 0. The molecule has 0 amide bonds. The Bertz CT molecular complexity index is 360. The Balaban J connectivity index is 2.49. The molecule has 0 fully saturated rings. The summed E-state index contributed by atoms with van der Waals surface area (Å²) in [5.41, 5.74) is 0.230. The van der Waals surface area contributed by atoms with Gasteiger partial charge in [-0.15, -0.1) is 0 Å². The van der Waals surface area contributed by atoms with E-state index in [4.69, 9.17) is 0 Å². The summed E-state index contributed by atoms with van der Waals surface area (Å²) in [6.45, 7) is 0. The third-order valence-corrected chi connectivity index (χ3v) is 1.81. The molecule has 0 aliphatic carbocycles. The van der Waals surface area contributed by atoms with Crippen LogP contribution >= 0.6 is 0 Å². The Kier molecular flexibility index (Phi) is 1.58. The number of fused-ring (bicyclic) bond motifs is 1. The molecule has 0 saturated heterocycles. The Morgan fingerprint density at radius 3 is 2.77 bits per heavy atom. The van der Waals surface area contributed by atoms with Crippen molar-refractivity contribution in [2.45, 2.75) is 12.5 Å². The van der Waals surface area contributed by atoms with Gasteiger partial charge >= 0.3 is 6.11 Å². The molecule has 0 unspecified atom stereocenters. The van der Waals surface area contributed by atoms with E-state index in [0.717, 1.165) is 0 Å². The minimum atomic E-state index is -3.36. The van der Waals surface area contributed by atoms with E-state index in [1.54, 1.807) is 12.1 Å². The van der Waals surface area contributed by atoms with Crippen molar-refractivity contribution in [1.29, 1.82) is 0 Å². The molecular formula is C9H6F2O2. The molecule has 0 atom stereocenters. The van der Waals surface area contributed by atoms with Crippen LogP contribution < -0.4 is 4.74 Å². The number of alkyl halides is 2. The Labute approximate surface area is 73.1 Å². The fraction of sp³-hybridized carbons (Fsp3) is 0.222. The van der Waals surface area contributed by atoms with Gasteiger partial charge in [0.15, 0.2) is 5.78 Å². The van der Waals surface area contributed by atoms with Crippen LogP contribution in [-0.2, 0) is 0 Å². The average Bonchev–Trinajstić information content (AvgIpc) is 2.02. The zero-order chi connectivity index (χ0) is 9.47. The van der Waals surface area contributed by atoms with E-state index in [1.807, 2.05) is 0 Å². The first-order valence-corrected chi connectivity index (χ1v) is 3.77. The minimum Gasteiger partial charge on any atom is -0.431 e. The van der Waals surface area contributed by atoms with Crippen LogP contribution in [0.1, 0.15) is 16.8 Å². The second-order valence-corrected chi connectivity index (χ2v) is 2.84. The summed E-state index contributed by atoms with van der Waals surface area (Å²) in [7, 11) is 0. The summed E-state index contributed by atoms with van der Waals surface area (Å²) >= 11 is 0. The van der Waals surface area contributed by atoms with Crippen LogP contribution in [-0.4, -0.2) is 11.9 Å². The lowest BCUT2D eigenvalue weighted by atomic mass is 10.0. The molecule has 1 aliphatic heterocycles. The van der Waals surface area contributed by atoms with Gasteiger partial charge in [-0.3, -0.25) is 4.79 Å². The highest BCUT2D eigenvalue weighted by Crippen LogP contribution is 2.34. The minimum absolute atomic E-state index is 0.0382. The molecule has 0 saturated carbocycles. The summed E-state index contributed by atoms with van der Waals surface area (Å²) in [4.78, 5) is 11.1. The fourth-order valence-electron chi connectivity index (χ4n) is 1.27. The van der Waals surface area contributed by atoms with E-state index in [1.165, 1.54) is 12.1 Å². The molecule has 0 N–H and O–H groups in total. The predicted molar refractivity (Wildman–Crippen MR) is 41.0 cm³/mol. The lowest BCUT2D eigenvalue weighted by Crippen LogP contribution is -2.33. The first-order valence-electron chi connectivity index (χ1n) is 3.77. The summed E-state index contributed by atoms with van der Waals surface area (Å²) in [5.74, 6) is -0.615. The van der Waals surface area contributed by atoms with Crippen molar-refractivity contribution >= 4 is 5.78 Å². The monoisotopic (exact) mass is 184 g/mol. The maximum atomic E-state index is 12.7. The highest BCUT2D eigenvalue weighted by atomic mass is 19.3. The van der Waals surface area contributed by atoms with Gasteiger partial charge in [-0.25, -0.2) is 0 Å². The highest BCUT2D eigenvalue weighted by Gasteiger charge is 2.40. The Hall–Kier alpha value is -1.45. The Morgan fingerprint density at radius 2 is 2.00 bits per heavy atom. The fourth-order valence-corrected chi connectivity index (χ4v) is 1.27. The average molecular weight is 184 g/mol. The molecule has 13 heavy (non-hydrogen) atoms. The SMILES string of the molecule is O=C1CC(F)(F)Oc2ccccc21. The summed E-state index contributed by atoms with van der Waals surface area (Å²) < 4.78 is 29.7. The van der Waals surface area contributed by atoms with E-state index in [-0.39, 0.29) is 11.3 Å². The van der Waals surface area contributed by atoms with Crippen molar-refractivity contribution < 1.29 is 18.3 Å². The topological polar surface area (TPSA) is 26.3 Å². The van der Waals surface area contributed by atoms with Gasteiger partial charge in [0, 0.05) is 0 Å². The molecule has 1 aromatic carbocycles. The molecule has 1 aromatic rings. The molecule has 2 rings (SSSR count). The van der Waals surface area contributed by atoms with Crippen molar-refractivity contribution in [2.24, 2.45) is 0 Å². The number of hydrogen-bond donors (Lipinski definition) is 0. The molecule has 2 nitrogen and oxygen atoms in total. The second-order valence-electron chi connectivity index (χ2n) is 2.84. The lowest BCUT2D eigenvalue weighted by molar-refractivity contribution is -0.176. The number of halogens is 2. The van der Waals surface area contributed by atoms with Gasteiger partial charge in [0.2, 0.25) is 0 Å². The Morgan fingerprint density at radius 1 is 1.31 bits per heavy atom. The summed E-state index contributed by atoms with van der Waals surface area (Å²) in [6, 6.07) is 6.00. The lowest BCUT2D eigenvalue weighted by Gasteiger charge is -2.23. The van der Waals surface area contributed by atoms with Gasteiger partial charge in [0.05, 0.1) is 5.56 Å². The molecular weight excluding hydrogens is 178 g/mol. The van der Waals surface area contributed by atoms with E-state index in [9.17, 15) is 13.6 Å². The smallest absolute Gasteiger partial charge is 0.405 e. The molecule has 4 heteroatoms. The molecule has 0 bridgehead atoms. The van der Waals surface area contributed by atoms with Crippen LogP contribution in [0.25, 0.3) is 0 Å². The first kappa shape index (κ1) is 8.16. The van der Waals surface area contributed by atoms with Crippen LogP contribution in [0.15, 0.2) is 24.3 Å². The number of carbonyl (C=O) groups excluding carboxylic acids is 1. The zero-order valence-electron chi connectivity index (χ0n) is 6.59. The molecule has 1 heterocycles. The van der Waals surface area contributed by atoms with Crippen molar-refractivity contribution in [3.63, 3.8) is 0 Å². The van der Waals surface area contributed by atoms with Gasteiger partial charge < -0.3 is 4.74 Å². The third kappa shape index (κ3) is 1.39. The first-order chi connectivity index (χ1) is 6.08. The largest absolute Gasteiger partial charge is 0.431 e. The van der Waals surface area contributed by atoms with Gasteiger partial charge in [0.25, 0.3) is 0 Å². The quantitative estimate of drug-likeness (QED) is 0.618. The van der Waals surface area contributed by atoms with Gasteiger partial charge in [-0.05, 0) is 12.1 Å². The maximum absolute atomic E-state index is 12.7. The molecule has 1 aliphatic rings. The van der Waals surface area contributed by atoms with Crippen LogP contribution in [0.2, 0.25) is 0 Å². The third-order valence-electron chi connectivity index (χ3n) is 1.81.